The maximum absolute atomic E-state index is 11.2. The van der Waals surface area contributed by atoms with E-state index >= 15 is 0 Å². The molecule has 0 radical (unpaired) electrons. The molecular weight excluding hydrogens is 184 g/mol. The molecule has 0 bridgehead atoms. The maximum atomic E-state index is 11.2. The Morgan fingerprint density at radius 1 is 1.50 bits per heavy atom. The first-order valence-corrected chi connectivity index (χ1v) is 4.39. The number of hydrogen-bond donors (Lipinski definition) is 1. The molecule has 0 heterocycles. The molecule has 0 aliphatic heterocycles. The van der Waals surface area contributed by atoms with Crippen LogP contribution in [0, 0.1) is 0 Å². The van der Waals surface area contributed by atoms with E-state index in [9.17, 15) is 9.90 Å². The van der Waals surface area contributed by atoms with E-state index in [2.05, 4.69) is 10.3 Å². The van der Waals surface area contributed by atoms with E-state index in [1.807, 2.05) is 0 Å². The molecule has 5 heteroatoms. The summed E-state index contributed by atoms with van der Waals surface area (Å²) in [4.78, 5) is 14.6. The molecule has 0 aromatic carbocycles. The number of carbonyl (C=O) groups excluding carboxylic acids is 1. The van der Waals surface area contributed by atoms with Crippen molar-refractivity contribution < 1.29 is 14.6 Å². The largest absolute Gasteiger partial charge is 0.861 e. The fraction of sp³-hybridized carbons (Fsp3) is 0.778. The minimum absolute atomic E-state index is 0.379. The van der Waals surface area contributed by atoms with E-state index in [1.54, 1.807) is 27.7 Å². The second kappa shape index (κ2) is 4.83. The molecule has 1 amide bonds. The lowest BCUT2D eigenvalue weighted by Crippen LogP contribution is -2.45. The zero-order valence-corrected chi connectivity index (χ0v) is 9.25. The predicted molar refractivity (Wildman–Crippen MR) is 52.2 cm³/mol. The first-order valence-electron chi connectivity index (χ1n) is 4.39. The molecule has 82 valence electrons. The molecule has 14 heavy (non-hydrogen) atoms. The number of amides is 1. The van der Waals surface area contributed by atoms with Gasteiger partial charge in [-0.2, -0.15) is 0 Å². The van der Waals surface area contributed by atoms with E-state index < -0.39 is 17.7 Å². The van der Waals surface area contributed by atoms with Crippen LogP contribution in [0.4, 0.5) is 4.79 Å². The summed E-state index contributed by atoms with van der Waals surface area (Å²) in [5.41, 5.74) is -0.559. The summed E-state index contributed by atoms with van der Waals surface area (Å²) in [6.45, 7) is 6.81. The number of hydrogen-bond acceptors (Lipinski definition) is 4. The quantitative estimate of drug-likeness (QED) is 0.515. The number of rotatable bonds is 2. The van der Waals surface area contributed by atoms with Crippen molar-refractivity contribution in [3.8, 4) is 0 Å². The highest BCUT2D eigenvalue weighted by atomic mass is 16.6. The lowest BCUT2D eigenvalue weighted by Gasteiger charge is -2.24. The van der Waals surface area contributed by atoms with Gasteiger partial charge in [0.05, 0.1) is 6.04 Å². The molecule has 0 aliphatic rings. The van der Waals surface area contributed by atoms with Crippen LogP contribution in [0.2, 0.25) is 0 Å². The van der Waals surface area contributed by atoms with Crippen LogP contribution in [0.25, 0.3) is 0 Å². The summed E-state index contributed by atoms with van der Waals surface area (Å²) in [7, 11) is 1.38. The molecule has 0 aromatic rings. The normalized spacial score (nSPS) is 14.8. The third kappa shape index (κ3) is 5.40. The highest BCUT2D eigenvalue weighted by molar-refractivity contribution is 5.82. The highest BCUT2D eigenvalue weighted by Crippen LogP contribution is 2.06. The molecule has 0 spiro atoms. The molecule has 0 aromatic heterocycles. The van der Waals surface area contributed by atoms with Crippen LogP contribution in [0.15, 0.2) is 4.99 Å². The van der Waals surface area contributed by atoms with Crippen molar-refractivity contribution in [2.24, 2.45) is 4.99 Å². The molecule has 0 saturated heterocycles. The van der Waals surface area contributed by atoms with E-state index in [0.717, 1.165) is 0 Å². The third-order valence-corrected chi connectivity index (χ3v) is 1.32. The van der Waals surface area contributed by atoms with E-state index in [4.69, 9.17) is 4.74 Å². The number of aliphatic imine (C=N–C) groups is 1. The van der Waals surface area contributed by atoms with E-state index in [-0.39, 0.29) is 5.90 Å². The average molecular weight is 201 g/mol. The van der Waals surface area contributed by atoms with Gasteiger partial charge >= 0.3 is 6.09 Å². The van der Waals surface area contributed by atoms with E-state index in [0.29, 0.717) is 0 Å². The van der Waals surface area contributed by atoms with Crippen LogP contribution < -0.4 is 10.4 Å². The van der Waals surface area contributed by atoms with Gasteiger partial charge in [-0.15, -0.1) is 0 Å². The summed E-state index contributed by atoms with van der Waals surface area (Å²) in [6, 6.07) is -0.644. The second-order valence-electron chi connectivity index (χ2n) is 3.93. The predicted octanol–water partition coefficient (Wildman–Crippen LogP) is 0.288. The zero-order valence-electron chi connectivity index (χ0n) is 9.25. The summed E-state index contributed by atoms with van der Waals surface area (Å²) < 4.78 is 4.96. The van der Waals surface area contributed by atoms with Crippen molar-refractivity contribution in [3.05, 3.63) is 0 Å². The summed E-state index contributed by atoms with van der Waals surface area (Å²) in [6.07, 6.45) is -0.609. The van der Waals surface area contributed by atoms with Gasteiger partial charge in [0.1, 0.15) is 5.60 Å². The van der Waals surface area contributed by atoms with E-state index in [1.165, 1.54) is 7.05 Å². The van der Waals surface area contributed by atoms with Gasteiger partial charge in [0, 0.05) is 7.05 Å². The Balaban J connectivity index is 4.08. The van der Waals surface area contributed by atoms with Crippen LogP contribution in [-0.4, -0.2) is 30.7 Å². The lowest BCUT2D eigenvalue weighted by molar-refractivity contribution is -0.220. The van der Waals surface area contributed by atoms with Crippen molar-refractivity contribution >= 4 is 12.0 Å². The Morgan fingerprint density at radius 3 is 2.36 bits per heavy atom. The Labute approximate surface area is 84.2 Å². The molecule has 0 aliphatic carbocycles. The molecule has 1 atom stereocenters. The lowest BCUT2D eigenvalue weighted by atomic mass is 10.2. The van der Waals surface area contributed by atoms with Gasteiger partial charge in [-0.05, 0) is 33.6 Å². The Kier molecular flexibility index (Phi) is 4.40. The van der Waals surface area contributed by atoms with Crippen LogP contribution in [0.3, 0.4) is 0 Å². The maximum Gasteiger partial charge on any atom is 0.408 e. The van der Waals surface area contributed by atoms with Crippen molar-refractivity contribution in [2.75, 3.05) is 7.05 Å². The molecular formula is C9H17N2O3-. The summed E-state index contributed by atoms with van der Waals surface area (Å²) in [5.74, 6) is -0.379. The minimum atomic E-state index is -0.644. The Hall–Kier alpha value is -1.26. The van der Waals surface area contributed by atoms with Gasteiger partial charge in [-0.3, -0.25) is 0 Å². The third-order valence-electron chi connectivity index (χ3n) is 1.32. The van der Waals surface area contributed by atoms with Gasteiger partial charge in [-0.1, -0.05) is 0 Å². The zero-order chi connectivity index (χ0) is 11.4. The first kappa shape index (κ1) is 12.7. The Bertz CT molecular complexity index is 231. The van der Waals surface area contributed by atoms with Gasteiger partial charge in [0.15, 0.2) is 0 Å². The number of alkyl carbamates (subject to hydrolysis) is 1. The monoisotopic (exact) mass is 201 g/mol. The van der Waals surface area contributed by atoms with Crippen LogP contribution in [0.5, 0.6) is 0 Å². The molecule has 0 fully saturated rings. The molecule has 1 N–H and O–H groups in total. The highest BCUT2D eigenvalue weighted by Gasteiger charge is 2.17. The average Bonchev–Trinajstić information content (AvgIpc) is 1.99. The fourth-order valence-electron chi connectivity index (χ4n) is 0.740. The van der Waals surface area contributed by atoms with Gasteiger partial charge in [0.2, 0.25) is 0 Å². The molecule has 0 rings (SSSR count). The second-order valence-corrected chi connectivity index (χ2v) is 3.93. The van der Waals surface area contributed by atoms with Gasteiger partial charge < -0.3 is 20.2 Å². The summed E-state index contributed by atoms with van der Waals surface area (Å²) in [5, 5.41) is 13.4. The number of ether oxygens (including phenoxy) is 1. The fourth-order valence-corrected chi connectivity index (χ4v) is 0.740. The van der Waals surface area contributed by atoms with Crippen LogP contribution >= 0.6 is 0 Å². The van der Waals surface area contributed by atoms with Gasteiger partial charge in [-0.25, -0.2) is 4.79 Å². The molecule has 5 nitrogen and oxygen atoms in total. The summed E-state index contributed by atoms with van der Waals surface area (Å²) >= 11 is 0. The molecule has 0 saturated carbocycles. The van der Waals surface area contributed by atoms with Crippen molar-refractivity contribution in [2.45, 2.75) is 39.3 Å². The standard InChI is InChI=1S/C9H18N2O3/c1-6(7(12)10-5)11-8(13)14-9(2,3)4/h6H,1-5H3,(H,10,12)(H,11,13)/p-1/t6-/m1/s1. The van der Waals surface area contributed by atoms with Crippen molar-refractivity contribution in [1.82, 2.24) is 5.32 Å². The number of nitrogens with zero attached hydrogens (tertiary/aromatic N) is 1. The first-order chi connectivity index (χ1) is 6.26. The minimum Gasteiger partial charge on any atom is -0.861 e. The topological polar surface area (TPSA) is 73.8 Å². The SMILES string of the molecule is CN=C([O-])[C@@H](C)NC(=O)OC(C)(C)C. The smallest absolute Gasteiger partial charge is 0.408 e. The number of carbonyl (C=O) groups is 1. The number of nitrogens with one attached hydrogen (secondary N) is 1. The van der Waals surface area contributed by atoms with Crippen LogP contribution in [0.1, 0.15) is 27.7 Å². The Morgan fingerprint density at radius 2 is 2.00 bits per heavy atom. The van der Waals surface area contributed by atoms with Crippen LogP contribution in [-0.2, 0) is 4.74 Å². The molecule has 0 unspecified atom stereocenters. The van der Waals surface area contributed by atoms with Crippen molar-refractivity contribution in [3.63, 3.8) is 0 Å². The van der Waals surface area contributed by atoms with Crippen molar-refractivity contribution in [1.29, 1.82) is 0 Å². The van der Waals surface area contributed by atoms with Gasteiger partial charge in [0.25, 0.3) is 0 Å².